The van der Waals surface area contributed by atoms with Crippen molar-refractivity contribution in [2.75, 3.05) is 0 Å². The van der Waals surface area contributed by atoms with Gasteiger partial charge < -0.3 is 9.13 Å². The molecule has 10 heteroatoms. The topological polar surface area (TPSA) is 9.86 Å². The third kappa shape index (κ3) is 7.33. The number of hydrogen-bond donors (Lipinski definition) is 0. The molecule has 0 atom stereocenters. The number of nitrogens with zero attached hydrogens (tertiary/aromatic N) is 2. The van der Waals surface area contributed by atoms with Gasteiger partial charge in [-0.2, -0.15) is 48.5 Å². The Hall–Kier alpha value is -0.250. The van der Waals surface area contributed by atoms with E-state index >= 15 is 0 Å². The molecule has 6 aromatic heterocycles. The Balaban J connectivity index is 0.00000127. The second-order valence-electron chi connectivity index (χ2n) is 7.89. The summed E-state index contributed by atoms with van der Waals surface area (Å²) in [5.74, 6) is 0. The average Bonchev–Trinajstić information content (AvgIpc) is 3.69. The summed E-state index contributed by atoms with van der Waals surface area (Å²) in [5.41, 5.74) is 5.11. The van der Waals surface area contributed by atoms with E-state index in [4.69, 9.17) is 0 Å². The van der Waals surface area contributed by atoms with E-state index < -0.39 is 0 Å². The first kappa shape index (κ1) is 34.0. The summed E-state index contributed by atoms with van der Waals surface area (Å²) in [6.07, 6.45) is 2.20. The van der Waals surface area contributed by atoms with Crippen LogP contribution in [-0.4, -0.2) is 9.13 Å². The fourth-order valence-electron chi connectivity index (χ4n) is 4.33. The van der Waals surface area contributed by atoms with Crippen molar-refractivity contribution in [3.63, 3.8) is 0 Å². The van der Waals surface area contributed by atoms with Crippen LogP contribution in [0.1, 0.15) is 12.8 Å². The summed E-state index contributed by atoms with van der Waals surface area (Å²) in [4.78, 5) is 5.07. The van der Waals surface area contributed by atoms with Crippen molar-refractivity contribution in [1.82, 2.24) is 9.13 Å². The van der Waals surface area contributed by atoms with Gasteiger partial charge in [0.05, 0.1) is 0 Å². The SMILES string of the molecule is [Li+].[Li+].[Li+].[Li+].[c-]1ccc(-c2ccc(-c3cc[c-]s3)n2CCCCn2c(-c3cc[c-]s3)ccc2-c2cc[c-]s2)s1. The van der Waals surface area contributed by atoms with Crippen molar-refractivity contribution in [1.29, 1.82) is 0 Å². The van der Waals surface area contributed by atoms with E-state index in [9.17, 15) is 0 Å². The fraction of sp³-hybridized carbons (Fsp3) is 0.143. The molecule has 0 amide bonds. The molecule has 0 aliphatic carbocycles. The Kier molecular flexibility index (Phi) is 14.5. The van der Waals surface area contributed by atoms with Crippen LogP contribution in [-0.2, 0) is 13.1 Å². The van der Waals surface area contributed by atoms with Crippen LogP contribution in [0.3, 0.4) is 0 Å². The maximum Gasteiger partial charge on any atom is 1.00 e. The summed E-state index contributed by atoms with van der Waals surface area (Å²) in [7, 11) is 0. The number of hydrogen-bond acceptors (Lipinski definition) is 4. The zero-order chi connectivity index (χ0) is 22.7. The molecular formula is C28H20Li4N2S4. The number of rotatable bonds is 9. The van der Waals surface area contributed by atoms with E-state index in [0.717, 1.165) is 25.9 Å². The molecule has 0 unspecified atom stereocenters. The van der Waals surface area contributed by atoms with Crippen molar-refractivity contribution >= 4 is 45.3 Å². The summed E-state index contributed by atoms with van der Waals surface area (Å²) in [6, 6.07) is 25.7. The number of thiophene rings is 4. The van der Waals surface area contributed by atoms with Gasteiger partial charge in [0.15, 0.2) is 0 Å². The summed E-state index contributed by atoms with van der Waals surface area (Å²) in [6.45, 7) is 1.97. The van der Waals surface area contributed by atoms with E-state index in [1.54, 1.807) is 45.3 Å². The predicted octanol–water partition coefficient (Wildman–Crippen LogP) is -3.10. The monoisotopic (exact) mass is 540 g/mol. The van der Waals surface area contributed by atoms with E-state index in [1.165, 1.54) is 42.3 Å². The predicted molar refractivity (Wildman–Crippen MR) is 147 cm³/mol. The maximum absolute atomic E-state index is 3.24. The molecule has 0 aliphatic rings. The molecule has 6 rings (SSSR count). The fourth-order valence-corrected chi connectivity index (χ4v) is 7.06. The van der Waals surface area contributed by atoms with Gasteiger partial charge in [-0.1, -0.05) is 0 Å². The third-order valence-corrected chi connectivity index (χ3v) is 9.15. The zero-order valence-electron chi connectivity index (χ0n) is 22.3. The molecule has 0 saturated heterocycles. The first-order chi connectivity index (χ1) is 16.9. The third-order valence-electron chi connectivity index (χ3n) is 5.87. The molecular weight excluding hydrogens is 520 g/mol. The van der Waals surface area contributed by atoms with E-state index in [2.05, 4.69) is 79.2 Å². The molecule has 0 aliphatic heterocycles. The zero-order valence-corrected chi connectivity index (χ0v) is 25.6. The molecule has 0 bridgehead atoms. The van der Waals surface area contributed by atoms with Gasteiger partial charge in [0.2, 0.25) is 0 Å². The van der Waals surface area contributed by atoms with E-state index in [1.807, 2.05) is 24.3 Å². The van der Waals surface area contributed by atoms with E-state index in [0.29, 0.717) is 0 Å². The summed E-state index contributed by atoms with van der Waals surface area (Å²) < 4.78 is 4.94. The van der Waals surface area contributed by atoms with Gasteiger partial charge in [-0.3, -0.25) is 45.3 Å². The standard InChI is InChI=1S/C28H20N2S4.4Li/c1(15-29-21(25-7-3-17-31-25)11-12-22(29)26-8-4-18-32-26)2-16-30-23(27-9-5-19-33-27)13-14-24(30)28-10-6-20-34-28;;;;/h3-14H,1-2,15-16H2;;;;/q-4;4*+1. The van der Waals surface area contributed by atoms with Gasteiger partial charge >= 0.3 is 75.4 Å². The van der Waals surface area contributed by atoms with E-state index in [-0.39, 0.29) is 75.4 Å². The normalized spacial score (nSPS) is 10.2. The van der Waals surface area contributed by atoms with Crippen molar-refractivity contribution in [2.45, 2.75) is 25.9 Å². The van der Waals surface area contributed by atoms with Crippen molar-refractivity contribution in [2.24, 2.45) is 0 Å². The minimum Gasteiger partial charge on any atom is -0.363 e. The molecule has 0 saturated carbocycles. The van der Waals surface area contributed by atoms with Gasteiger partial charge in [-0.15, -0.1) is 41.0 Å². The molecule has 0 spiro atoms. The Bertz CT molecular complexity index is 1230. The van der Waals surface area contributed by atoms with Gasteiger partial charge in [0.25, 0.3) is 0 Å². The van der Waals surface area contributed by atoms with Crippen LogP contribution in [0.25, 0.3) is 42.3 Å². The van der Waals surface area contributed by atoms with Gasteiger partial charge in [-0.05, 0) is 59.9 Å². The van der Waals surface area contributed by atoms with Crippen molar-refractivity contribution < 1.29 is 75.4 Å². The smallest absolute Gasteiger partial charge is 0.363 e. The van der Waals surface area contributed by atoms with Crippen molar-refractivity contribution in [3.05, 3.63) is 94.3 Å². The van der Waals surface area contributed by atoms with Crippen LogP contribution in [0.2, 0.25) is 0 Å². The van der Waals surface area contributed by atoms with Crippen LogP contribution in [0.5, 0.6) is 0 Å². The van der Waals surface area contributed by atoms with Crippen LogP contribution in [0.4, 0.5) is 0 Å². The maximum atomic E-state index is 3.24. The van der Waals surface area contributed by atoms with Crippen LogP contribution in [0, 0.1) is 21.5 Å². The molecule has 170 valence electrons. The molecule has 6 aromatic rings. The molecule has 0 N–H and O–H groups in total. The number of aromatic nitrogens is 2. The van der Waals surface area contributed by atoms with Gasteiger partial charge in [0.1, 0.15) is 0 Å². The van der Waals surface area contributed by atoms with Crippen LogP contribution < -0.4 is 75.4 Å². The minimum absolute atomic E-state index is 0. The quantitative estimate of drug-likeness (QED) is 0.105. The summed E-state index contributed by atoms with van der Waals surface area (Å²) in [5, 5.41) is 13.0. The second-order valence-corrected chi connectivity index (χ2v) is 11.4. The molecule has 0 radical (unpaired) electrons. The Morgan fingerprint density at radius 3 is 0.895 bits per heavy atom. The first-order valence-electron chi connectivity index (χ1n) is 11.1. The van der Waals surface area contributed by atoms with Crippen molar-refractivity contribution in [3.8, 4) is 42.3 Å². The summed E-state index contributed by atoms with van der Waals surface area (Å²) >= 11 is 6.72. The molecule has 6 heterocycles. The molecule has 0 aromatic carbocycles. The van der Waals surface area contributed by atoms with Crippen LogP contribution >= 0.6 is 45.3 Å². The molecule has 0 fully saturated rings. The minimum atomic E-state index is 0. The average molecular weight is 541 g/mol. The largest absolute Gasteiger partial charge is 1.00 e. The Labute approximate surface area is 289 Å². The van der Waals surface area contributed by atoms with Gasteiger partial charge in [-0.25, -0.2) is 0 Å². The Morgan fingerprint density at radius 2 is 0.684 bits per heavy atom. The molecule has 2 nitrogen and oxygen atoms in total. The Morgan fingerprint density at radius 1 is 0.421 bits per heavy atom. The van der Waals surface area contributed by atoms with Gasteiger partial charge in [0, 0.05) is 13.1 Å². The first-order valence-corrected chi connectivity index (χ1v) is 14.4. The molecule has 38 heavy (non-hydrogen) atoms. The number of unbranched alkanes of at least 4 members (excludes halogenated alkanes) is 1. The van der Waals surface area contributed by atoms with Crippen LogP contribution in [0.15, 0.2) is 72.8 Å². The second kappa shape index (κ2) is 16.3.